The van der Waals surface area contributed by atoms with Gasteiger partial charge >= 0.3 is 12.2 Å². The van der Waals surface area contributed by atoms with Crippen molar-refractivity contribution in [1.29, 1.82) is 0 Å². The molecule has 3 aromatic rings. The fraction of sp³-hybridized carbons (Fsp3) is 0.345. The van der Waals surface area contributed by atoms with E-state index in [0.717, 1.165) is 17.3 Å². The highest BCUT2D eigenvalue weighted by atomic mass is 19.4. The number of nitrogens with zero attached hydrogens (tertiary/aromatic N) is 3. The molecule has 0 bridgehead atoms. The molecule has 1 fully saturated rings. The van der Waals surface area contributed by atoms with E-state index in [4.69, 9.17) is 14.2 Å². The number of halogens is 3. The zero-order chi connectivity index (χ0) is 27.7. The second-order valence-electron chi connectivity index (χ2n) is 9.52. The summed E-state index contributed by atoms with van der Waals surface area (Å²) in [4.78, 5) is 19.3. The topological polar surface area (TPSA) is 54.5 Å². The predicted molar refractivity (Wildman–Crippen MR) is 142 cm³/mol. The average molecular weight is 542 g/mol. The number of benzene rings is 3. The molecule has 1 saturated heterocycles. The smallest absolute Gasteiger partial charge is 0.416 e. The van der Waals surface area contributed by atoms with Crippen molar-refractivity contribution in [2.45, 2.75) is 31.7 Å². The van der Waals surface area contributed by atoms with Crippen LogP contribution in [0.5, 0.6) is 17.2 Å². The molecule has 2 amide bonds. The summed E-state index contributed by atoms with van der Waals surface area (Å²) in [6.45, 7) is 1.27. The molecule has 7 nitrogen and oxygen atoms in total. The molecule has 0 saturated carbocycles. The van der Waals surface area contributed by atoms with Crippen LogP contribution in [0.15, 0.2) is 60.7 Å². The molecule has 10 heteroatoms. The van der Waals surface area contributed by atoms with Gasteiger partial charge < -0.3 is 24.0 Å². The minimum absolute atomic E-state index is 0.0175. The molecule has 0 spiro atoms. The normalized spacial score (nSPS) is 17.3. The van der Waals surface area contributed by atoms with Gasteiger partial charge in [-0.15, -0.1) is 0 Å². The van der Waals surface area contributed by atoms with Crippen molar-refractivity contribution >= 4 is 17.4 Å². The zero-order valence-electron chi connectivity index (χ0n) is 22.0. The van der Waals surface area contributed by atoms with E-state index in [1.54, 1.807) is 31.3 Å². The summed E-state index contributed by atoms with van der Waals surface area (Å²) in [6, 6.07) is 15.8. The summed E-state index contributed by atoms with van der Waals surface area (Å²) >= 11 is 0. The number of amides is 2. The van der Waals surface area contributed by atoms with Crippen LogP contribution in [-0.4, -0.2) is 51.4 Å². The van der Waals surface area contributed by atoms with Crippen molar-refractivity contribution in [2.75, 3.05) is 44.2 Å². The maximum Gasteiger partial charge on any atom is 0.416 e. The van der Waals surface area contributed by atoms with Crippen molar-refractivity contribution in [1.82, 2.24) is 4.90 Å². The molecular weight excluding hydrogens is 511 g/mol. The molecule has 0 radical (unpaired) electrons. The Morgan fingerprint density at radius 1 is 0.846 bits per heavy atom. The number of anilines is 2. The Hall–Kier alpha value is -4.08. The van der Waals surface area contributed by atoms with E-state index in [2.05, 4.69) is 4.90 Å². The van der Waals surface area contributed by atoms with Gasteiger partial charge in [0.25, 0.3) is 0 Å². The Bertz CT molecular complexity index is 1340. The summed E-state index contributed by atoms with van der Waals surface area (Å²) in [6.07, 6.45) is -3.86. The lowest BCUT2D eigenvalue weighted by molar-refractivity contribution is -0.138. The van der Waals surface area contributed by atoms with E-state index < -0.39 is 11.7 Å². The maximum atomic E-state index is 14.0. The highest BCUT2D eigenvalue weighted by Gasteiger charge is 2.41. The van der Waals surface area contributed by atoms with E-state index in [-0.39, 0.29) is 24.2 Å². The molecule has 0 aromatic heterocycles. The standard InChI is InChI=1S/C29H30F3N3O4/c1-37-23-11-6-9-20-17-34(21-14-15-33(18-21)27-24(38-2)12-7-13-25(27)39-3)28(36)35(26(20)23)16-19-8-4-5-10-22(19)29(30,31)32/h4-13,21H,14-18H2,1-3H3. The summed E-state index contributed by atoms with van der Waals surface area (Å²) in [5.41, 5.74) is 1.38. The molecule has 2 heterocycles. The summed E-state index contributed by atoms with van der Waals surface area (Å²) in [5, 5.41) is 0. The van der Waals surface area contributed by atoms with Crippen LogP contribution in [0.25, 0.3) is 0 Å². The lowest BCUT2D eigenvalue weighted by Crippen LogP contribution is -2.52. The minimum atomic E-state index is -4.54. The Kier molecular flexibility index (Phi) is 7.20. The number of alkyl halides is 3. The average Bonchev–Trinajstić information content (AvgIpc) is 3.42. The summed E-state index contributed by atoms with van der Waals surface area (Å²) in [7, 11) is 4.69. The van der Waals surface area contributed by atoms with Crippen molar-refractivity contribution in [3.05, 3.63) is 77.4 Å². The van der Waals surface area contributed by atoms with Crippen LogP contribution >= 0.6 is 0 Å². The Balaban J connectivity index is 1.49. The first-order chi connectivity index (χ1) is 18.8. The fourth-order valence-electron chi connectivity index (χ4n) is 5.55. The van der Waals surface area contributed by atoms with E-state index in [1.165, 1.54) is 24.1 Å². The first-order valence-corrected chi connectivity index (χ1v) is 12.6. The molecular formula is C29H30F3N3O4. The van der Waals surface area contributed by atoms with Crippen LogP contribution in [0.4, 0.5) is 29.3 Å². The molecule has 39 heavy (non-hydrogen) atoms. The number of hydrogen-bond acceptors (Lipinski definition) is 5. The summed E-state index contributed by atoms with van der Waals surface area (Å²) < 4.78 is 58.2. The third-order valence-corrected chi connectivity index (χ3v) is 7.36. The number of fused-ring (bicyclic) bond motifs is 1. The van der Waals surface area contributed by atoms with Crippen molar-refractivity contribution in [2.24, 2.45) is 0 Å². The van der Waals surface area contributed by atoms with Gasteiger partial charge in [-0.1, -0.05) is 36.4 Å². The molecule has 0 aliphatic carbocycles. The number of para-hydroxylation sites is 2. The van der Waals surface area contributed by atoms with Crippen LogP contribution in [0, 0.1) is 0 Å². The third kappa shape index (κ3) is 4.91. The van der Waals surface area contributed by atoms with Gasteiger partial charge in [-0.3, -0.25) is 4.90 Å². The van der Waals surface area contributed by atoms with E-state index >= 15 is 0 Å². The highest BCUT2D eigenvalue weighted by molar-refractivity contribution is 5.97. The number of carbonyl (C=O) groups excluding carboxylic acids is 1. The zero-order valence-corrected chi connectivity index (χ0v) is 22.0. The molecule has 5 rings (SSSR count). The van der Waals surface area contributed by atoms with E-state index in [0.29, 0.717) is 49.0 Å². The van der Waals surface area contributed by atoms with Crippen molar-refractivity contribution in [3.8, 4) is 17.2 Å². The van der Waals surface area contributed by atoms with Crippen LogP contribution < -0.4 is 24.0 Å². The number of hydrogen-bond donors (Lipinski definition) is 0. The molecule has 2 aliphatic rings. The second-order valence-corrected chi connectivity index (χ2v) is 9.52. The Labute approximate surface area is 225 Å². The van der Waals surface area contributed by atoms with E-state index in [1.807, 2.05) is 30.3 Å². The second kappa shape index (κ2) is 10.6. The van der Waals surface area contributed by atoms with Gasteiger partial charge in [0.15, 0.2) is 0 Å². The van der Waals surface area contributed by atoms with Crippen molar-refractivity contribution < 1.29 is 32.2 Å². The SMILES string of the molecule is COc1cccc(OC)c1N1CCC(N2Cc3cccc(OC)c3N(Cc3ccccc3C(F)(F)F)C2=O)C1. The minimum Gasteiger partial charge on any atom is -0.495 e. The van der Waals surface area contributed by atoms with Gasteiger partial charge in [0.05, 0.1) is 45.2 Å². The highest BCUT2D eigenvalue weighted by Crippen LogP contribution is 2.43. The predicted octanol–water partition coefficient (Wildman–Crippen LogP) is 5.95. The molecule has 2 aliphatic heterocycles. The third-order valence-electron chi connectivity index (χ3n) is 7.36. The van der Waals surface area contributed by atoms with Gasteiger partial charge in [-0.05, 0) is 41.8 Å². The molecule has 206 valence electrons. The van der Waals surface area contributed by atoms with Gasteiger partial charge in [0, 0.05) is 19.6 Å². The van der Waals surface area contributed by atoms with Crippen LogP contribution in [-0.2, 0) is 19.3 Å². The number of carbonyl (C=O) groups is 1. The van der Waals surface area contributed by atoms with Crippen LogP contribution in [0.3, 0.4) is 0 Å². The largest absolute Gasteiger partial charge is 0.495 e. The van der Waals surface area contributed by atoms with Crippen LogP contribution in [0.1, 0.15) is 23.1 Å². The lowest BCUT2D eigenvalue weighted by Gasteiger charge is -2.41. The number of urea groups is 1. The van der Waals surface area contributed by atoms with Crippen molar-refractivity contribution in [3.63, 3.8) is 0 Å². The molecule has 0 N–H and O–H groups in total. The van der Waals surface area contributed by atoms with Gasteiger partial charge in [0.2, 0.25) is 0 Å². The first-order valence-electron chi connectivity index (χ1n) is 12.6. The Morgan fingerprint density at radius 2 is 1.46 bits per heavy atom. The quantitative estimate of drug-likeness (QED) is 0.370. The van der Waals surface area contributed by atoms with Crippen LogP contribution in [0.2, 0.25) is 0 Å². The first kappa shape index (κ1) is 26.5. The lowest BCUT2D eigenvalue weighted by atomic mass is 10.0. The van der Waals surface area contributed by atoms with Gasteiger partial charge in [-0.2, -0.15) is 13.2 Å². The Morgan fingerprint density at radius 3 is 2.10 bits per heavy atom. The number of ether oxygens (including phenoxy) is 3. The number of methoxy groups -OCH3 is 3. The molecule has 1 unspecified atom stereocenters. The molecule has 1 atom stereocenters. The molecule has 3 aromatic carbocycles. The van der Waals surface area contributed by atoms with Gasteiger partial charge in [0.1, 0.15) is 22.9 Å². The maximum absolute atomic E-state index is 14.0. The number of rotatable bonds is 7. The monoisotopic (exact) mass is 541 g/mol. The van der Waals surface area contributed by atoms with Gasteiger partial charge in [-0.25, -0.2) is 4.79 Å². The van der Waals surface area contributed by atoms with E-state index in [9.17, 15) is 18.0 Å². The fourth-order valence-corrected chi connectivity index (χ4v) is 5.55. The summed E-state index contributed by atoms with van der Waals surface area (Å²) in [5.74, 6) is 1.78.